The number of anilines is 1. The minimum absolute atomic E-state index is 0.103. The first-order chi connectivity index (χ1) is 14.6. The summed E-state index contributed by atoms with van der Waals surface area (Å²) in [5.74, 6) is 0.554. The molecular formula is C20H23FN6O2S. The number of urea groups is 1. The maximum atomic E-state index is 13.1. The van der Waals surface area contributed by atoms with E-state index in [1.807, 2.05) is 0 Å². The number of halogens is 1. The third-order valence-corrected chi connectivity index (χ3v) is 7.68. The number of hydrogen-bond donors (Lipinski definition) is 2. The van der Waals surface area contributed by atoms with Crippen LogP contribution in [-0.2, 0) is 43.1 Å². The zero-order valence-electron chi connectivity index (χ0n) is 16.4. The van der Waals surface area contributed by atoms with Crippen molar-refractivity contribution < 1.29 is 13.9 Å². The van der Waals surface area contributed by atoms with E-state index in [-0.39, 0.29) is 6.04 Å². The molecule has 8 nitrogen and oxygen atoms in total. The maximum Gasteiger partial charge on any atom is 0.352 e. The topological polar surface area (TPSA) is 97.8 Å². The van der Waals surface area contributed by atoms with E-state index in [0.29, 0.717) is 37.0 Å². The molecule has 2 unspecified atom stereocenters. The molecule has 158 valence electrons. The molecule has 2 aliphatic carbocycles. The van der Waals surface area contributed by atoms with Crippen LogP contribution in [0.4, 0.5) is 14.9 Å². The predicted molar refractivity (Wildman–Crippen MR) is 111 cm³/mol. The Labute approximate surface area is 175 Å². The summed E-state index contributed by atoms with van der Waals surface area (Å²) in [5.41, 5.74) is 6.11. The molecule has 1 saturated heterocycles. The number of likely N-dealkylation sites (tertiary alicyclic amines) is 1. The van der Waals surface area contributed by atoms with Crippen molar-refractivity contribution in [3.63, 3.8) is 0 Å². The number of rotatable bonds is 3. The van der Waals surface area contributed by atoms with Crippen LogP contribution >= 0.6 is 0 Å². The van der Waals surface area contributed by atoms with Crippen molar-refractivity contribution in [2.75, 3.05) is 25.0 Å². The van der Waals surface area contributed by atoms with Crippen LogP contribution < -0.4 is 15.2 Å². The Morgan fingerprint density at radius 3 is 2.60 bits per heavy atom. The van der Waals surface area contributed by atoms with Crippen molar-refractivity contribution in [3.05, 3.63) is 34.5 Å². The number of nitrogens with zero attached hydrogens (tertiary/aromatic N) is 4. The van der Waals surface area contributed by atoms with E-state index in [1.165, 1.54) is 22.3 Å². The molecule has 1 aromatic heterocycles. The number of hydrogen-bond acceptors (Lipinski definition) is 4. The average Bonchev–Trinajstić information content (AvgIpc) is 3.06. The van der Waals surface area contributed by atoms with Crippen molar-refractivity contribution >= 4 is 22.6 Å². The van der Waals surface area contributed by atoms with Gasteiger partial charge in [-0.25, -0.2) is 13.9 Å². The van der Waals surface area contributed by atoms with Crippen molar-refractivity contribution in [3.8, 4) is 5.88 Å². The fourth-order valence-corrected chi connectivity index (χ4v) is 5.49. The number of carbonyl (C=O) groups excluding carboxylic acids is 1. The van der Waals surface area contributed by atoms with E-state index in [1.54, 1.807) is 10.9 Å². The molecule has 0 spiro atoms. The molecule has 0 saturated carbocycles. The molecular weight excluding hydrogens is 407 g/mol. The smallest absolute Gasteiger partial charge is 0.352 e. The molecule has 10 heteroatoms. The van der Waals surface area contributed by atoms with Gasteiger partial charge in [0.05, 0.1) is 18.8 Å². The quantitative estimate of drug-likeness (QED) is 0.773. The van der Waals surface area contributed by atoms with E-state index < -0.39 is 23.1 Å². The SMILES string of the molecule is NS(=NC(=O)Nc1c2c(cc3c1CC3)CC2)c1cnn2c1OCC(N1CC(F)C1)C2. The van der Waals surface area contributed by atoms with Gasteiger partial charge in [-0.15, -0.1) is 0 Å². The molecule has 1 aromatic carbocycles. The first-order valence-electron chi connectivity index (χ1n) is 10.3. The highest BCUT2D eigenvalue weighted by Gasteiger charge is 2.36. The second-order valence-electron chi connectivity index (χ2n) is 8.38. The van der Waals surface area contributed by atoms with Crippen molar-refractivity contribution in [2.24, 2.45) is 9.50 Å². The molecule has 1 fully saturated rings. The summed E-state index contributed by atoms with van der Waals surface area (Å²) in [7, 11) is -1.17. The Morgan fingerprint density at radius 1 is 1.23 bits per heavy atom. The number of fused-ring (bicyclic) bond motifs is 3. The Kier molecular flexibility index (Phi) is 4.22. The lowest BCUT2D eigenvalue weighted by atomic mass is 9.76. The van der Waals surface area contributed by atoms with Crippen LogP contribution in [0.3, 0.4) is 0 Å². The molecule has 2 atom stereocenters. The van der Waals surface area contributed by atoms with Gasteiger partial charge in [0.15, 0.2) is 0 Å². The zero-order chi connectivity index (χ0) is 20.4. The zero-order valence-corrected chi connectivity index (χ0v) is 17.3. The van der Waals surface area contributed by atoms with Gasteiger partial charge in [-0.2, -0.15) is 9.46 Å². The number of aromatic nitrogens is 2. The summed E-state index contributed by atoms with van der Waals surface area (Å²) in [4.78, 5) is 15.3. The van der Waals surface area contributed by atoms with Crippen LogP contribution in [0.15, 0.2) is 21.5 Å². The molecule has 2 amide bonds. The van der Waals surface area contributed by atoms with E-state index >= 15 is 0 Å². The molecule has 0 radical (unpaired) electrons. The first-order valence-corrected chi connectivity index (χ1v) is 11.6. The standard InChI is InChI=1S/C20H23FN6O2S/c21-13-7-26(8-13)14-9-27-19(29-10-14)17(6-23-27)30(22)25-20(28)24-18-15-3-1-11(15)5-12-2-4-16(12)18/h5-6,13-14H,1-4,7-10H2,(H3,22,24,25,28). The summed E-state index contributed by atoms with van der Waals surface area (Å²) >= 11 is 0. The van der Waals surface area contributed by atoms with Gasteiger partial charge < -0.3 is 10.1 Å². The minimum Gasteiger partial charge on any atom is -0.475 e. The highest BCUT2D eigenvalue weighted by atomic mass is 32.2. The minimum atomic E-state index is -1.17. The number of nitrogens with one attached hydrogen (secondary N) is 1. The van der Waals surface area contributed by atoms with E-state index in [2.05, 4.69) is 25.7 Å². The summed E-state index contributed by atoms with van der Waals surface area (Å²) in [6.45, 7) is 1.97. The van der Waals surface area contributed by atoms with Gasteiger partial charge in [-0.05, 0) is 47.9 Å². The van der Waals surface area contributed by atoms with Gasteiger partial charge in [0.2, 0.25) is 5.88 Å². The van der Waals surface area contributed by atoms with Crippen LogP contribution in [0.5, 0.6) is 5.88 Å². The van der Waals surface area contributed by atoms with Crippen molar-refractivity contribution in [1.82, 2.24) is 14.7 Å². The fraction of sp³-hybridized carbons (Fsp3) is 0.500. The molecule has 2 aliphatic heterocycles. The highest BCUT2D eigenvalue weighted by Crippen LogP contribution is 2.40. The molecule has 2 aromatic rings. The molecule has 4 aliphatic rings. The molecule has 6 rings (SSSR count). The second-order valence-corrected chi connectivity index (χ2v) is 9.63. The van der Waals surface area contributed by atoms with Gasteiger partial charge >= 0.3 is 6.03 Å². The second kappa shape index (κ2) is 6.86. The number of nitrogens with two attached hydrogens (primary N) is 1. The summed E-state index contributed by atoms with van der Waals surface area (Å²) in [6.07, 6.45) is 5.03. The van der Waals surface area contributed by atoms with Crippen LogP contribution in [-0.4, -0.2) is 52.6 Å². The van der Waals surface area contributed by atoms with Crippen molar-refractivity contribution in [1.29, 1.82) is 0 Å². The lowest BCUT2D eigenvalue weighted by molar-refractivity contribution is -0.0114. The fourth-order valence-electron chi connectivity index (χ4n) is 4.67. The normalized spacial score (nSPS) is 23.2. The van der Waals surface area contributed by atoms with E-state index in [0.717, 1.165) is 31.4 Å². The van der Waals surface area contributed by atoms with Gasteiger partial charge in [0.25, 0.3) is 0 Å². The van der Waals surface area contributed by atoms with Crippen LogP contribution in [0, 0.1) is 0 Å². The third kappa shape index (κ3) is 2.89. The lowest BCUT2D eigenvalue weighted by Gasteiger charge is -2.41. The maximum absolute atomic E-state index is 13.1. The van der Waals surface area contributed by atoms with Crippen LogP contribution in [0.2, 0.25) is 0 Å². The highest BCUT2D eigenvalue weighted by molar-refractivity contribution is 7.85. The van der Waals surface area contributed by atoms with Crippen LogP contribution in [0.25, 0.3) is 0 Å². The molecule has 0 bridgehead atoms. The van der Waals surface area contributed by atoms with Gasteiger partial charge in [-0.3, -0.25) is 10.0 Å². The van der Waals surface area contributed by atoms with Crippen molar-refractivity contribution in [2.45, 2.75) is 49.3 Å². The molecule has 30 heavy (non-hydrogen) atoms. The first kappa shape index (κ1) is 18.5. The van der Waals surface area contributed by atoms with Gasteiger partial charge in [-0.1, -0.05) is 6.07 Å². The molecule has 3 heterocycles. The Bertz CT molecular complexity index is 1060. The Hall–Kier alpha value is -2.30. The summed E-state index contributed by atoms with van der Waals surface area (Å²) in [5, 5.41) is 13.6. The summed E-state index contributed by atoms with van der Waals surface area (Å²) in [6, 6.07) is 1.94. The van der Waals surface area contributed by atoms with E-state index in [4.69, 9.17) is 9.88 Å². The average molecular weight is 431 g/mol. The predicted octanol–water partition coefficient (Wildman–Crippen LogP) is 1.76. The number of amides is 2. The number of alkyl halides is 1. The Balaban J connectivity index is 1.19. The Morgan fingerprint density at radius 2 is 1.97 bits per heavy atom. The number of ether oxygens (including phenoxy) is 1. The third-order valence-electron chi connectivity index (χ3n) is 6.59. The van der Waals surface area contributed by atoms with E-state index in [9.17, 15) is 9.18 Å². The lowest BCUT2D eigenvalue weighted by Crippen LogP contribution is -2.57. The monoisotopic (exact) mass is 430 g/mol. The number of carbonyl (C=O) groups is 1. The van der Waals surface area contributed by atoms with Gasteiger partial charge in [0, 0.05) is 29.7 Å². The number of benzene rings is 1. The number of aryl methyl sites for hydroxylation is 2. The summed E-state index contributed by atoms with van der Waals surface area (Å²) < 4.78 is 24.9. The molecule has 3 N–H and O–H groups in total. The van der Waals surface area contributed by atoms with Gasteiger partial charge in [0.1, 0.15) is 17.7 Å². The largest absolute Gasteiger partial charge is 0.475 e. The van der Waals surface area contributed by atoms with Crippen LogP contribution in [0.1, 0.15) is 22.3 Å².